The number of carbonyl (C=O) groups is 1. The van der Waals surface area contributed by atoms with Crippen molar-refractivity contribution in [3.8, 4) is 11.5 Å². The number of amides is 1. The summed E-state index contributed by atoms with van der Waals surface area (Å²) < 4.78 is 37.7. The molecule has 1 aliphatic heterocycles. The Morgan fingerprint density at radius 1 is 1.19 bits per heavy atom. The number of halogens is 2. The van der Waals surface area contributed by atoms with E-state index < -0.39 is 11.8 Å². The predicted octanol–water partition coefficient (Wildman–Crippen LogP) is 4.48. The number of benzene rings is 2. The number of alkyl halides is 2. The fraction of sp³-hybridized carbons (Fsp3) is 0.480. The smallest absolute Gasteiger partial charge is 0.255 e. The number of carbonyl (C=O) groups excluding carboxylic acids is 1. The van der Waals surface area contributed by atoms with E-state index in [1.807, 2.05) is 24.3 Å². The van der Waals surface area contributed by atoms with Crippen molar-refractivity contribution in [1.82, 2.24) is 10.2 Å². The Kier molecular flexibility index (Phi) is 6.38. The molecule has 1 saturated carbocycles. The maximum absolute atomic E-state index is 13.2. The zero-order valence-corrected chi connectivity index (χ0v) is 18.8. The fourth-order valence-electron chi connectivity index (χ4n) is 4.33. The van der Waals surface area contributed by atoms with Crippen LogP contribution in [0.1, 0.15) is 48.6 Å². The molecule has 5 nitrogen and oxygen atoms in total. The molecule has 1 heterocycles. The van der Waals surface area contributed by atoms with Gasteiger partial charge in [-0.1, -0.05) is 30.3 Å². The molecular formula is C25H30F2N2O3. The van der Waals surface area contributed by atoms with Gasteiger partial charge in [0.05, 0.1) is 19.6 Å². The summed E-state index contributed by atoms with van der Waals surface area (Å²) in [5.41, 5.74) is 4.56. The summed E-state index contributed by atoms with van der Waals surface area (Å²) in [6, 6.07) is 12.4. The van der Waals surface area contributed by atoms with E-state index in [0.717, 1.165) is 30.6 Å². The minimum Gasteiger partial charge on any atom is -0.493 e. The first-order valence-electron chi connectivity index (χ1n) is 11.0. The number of methoxy groups -OCH3 is 1. The van der Waals surface area contributed by atoms with Crippen molar-refractivity contribution < 1.29 is 23.0 Å². The van der Waals surface area contributed by atoms with E-state index >= 15 is 0 Å². The second-order valence-electron chi connectivity index (χ2n) is 8.76. The van der Waals surface area contributed by atoms with Crippen molar-refractivity contribution in [2.75, 3.05) is 20.3 Å². The first kappa shape index (κ1) is 22.5. The molecular weight excluding hydrogens is 414 g/mol. The molecule has 2 aliphatic rings. The molecule has 1 amide bonds. The molecule has 7 heteroatoms. The van der Waals surface area contributed by atoms with E-state index in [4.69, 9.17) is 9.47 Å². The lowest BCUT2D eigenvalue weighted by molar-refractivity contribution is -0.119. The predicted molar refractivity (Wildman–Crippen MR) is 118 cm³/mol. The van der Waals surface area contributed by atoms with Crippen LogP contribution in [0.5, 0.6) is 11.5 Å². The highest BCUT2D eigenvalue weighted by atomic mass is 19.3. The van der Waals surface area contributed by atoms with Gasteiger partial charge in [0.25, 0.3) is 5.92 Å². The zero-order valence-electron chi connectivity index (χ0n) is 18.8. The Bertz CT molecular complexity index is 978. The molecule has 4 rings (SSSR count). The first-order chi connectivity index (χ1) is 15.3. The zero-order chi connectivity index (χ0) is 22.9. The SMILES string of the molecule is COc1c(OCC2CC2(F)F)ccc2c1CCN(Cc1ccc(CNC(C)=O)cc1)C2C. The lowest BCUT2D eigenvalue weighted by Gasteiger charge is -2.36. The van der Waals surface area contributed by atoms with E-state index in [9.17, 15) is 13.6 Å². The summed E-state index contributed by atoms with van der Waals surface area (Å²) in [5.74, 6) is -2.10. The molecule has 0 spiro atoms. The Morgan fingerprint density at radius 2 is 1.88 bits per heavy atom. The number of nitrogens with one attached hydrogen (secondary N) is 1. The van der Waals surface area contributed by atoms with Crippen LogP contribution in [-0.2, 0) is 24.3 Å². The minimum absolute atomic E-state index is 0.0156. The van der Waals surface area contributed by atoms with E-state index in [2.05, 4.69) is 29.3 Å². The van der Waals surface area contributed by atoms with Gasteiger partial charge < -0.3 is 14.8 Å². The van der Waals surface area contributed by atoms with Crippen molar-refractivity contribution in [2.24, 2.45) is 5.92 Å². The highest BCUT2D eigenvalue weighted by molar-refractivity contribution is 5.72. The van der Waals surface area contributed by atoms with Gasteiger partial charge in [0, 0.05) is 44.6 Å². The summed E-state index contributed by atoms with van der Waals surface area (Å²) in [5, 5.41) is 2.81. The number of ether oxygens (including phenoxy) is 2. The maximum atomic E-state index is 13.2. The van der Waals surface area contributed by atoms with Crippen LogP contribution in [0.25, 0.3) is 0 Å². The third-order valence-electron chi connectivity index (χ3n) is 6.46. The van der Waals surface area contributed by atoms with Gasteiger partial charge in [0.1, 0.15) is 0 Å². The molecule has 0 saturated heterocycles. The highest BCUT2D eigenvalue weighted by Crippen LogP contribution is 2.49. The van der Waals surface area contributed by atoms with E-state index in [0.29, 0.717) is 18.0 Å². The lowest BCUT2D eigenvalue weighted by atomic mass is 9.92. The van der Waals surface area contributed by atoms with Gasteiger partial charge in [-0.15, -0.1) is 0 Å². The molecule has 1 N–H and O–H groups in total. The van der Waals surface area contributed by atoms with Gasteiger partial charge in [0.2, 0.25) is 5.91 Å². The topological polar surface area (TPSA) is 50.8 Å². The van der Waals surface area contributed by atoms with E-state index in [1.54, 1.807) is 7.11 Å². The van der Waals surface area contributed by atoms with Crippen LogP contribution < -0.4 is 14.8 Å². The Labute approximate surface area is 187 Å². The van der Waals surface area contributed by atoms with E-state index in [-0.39, 0.29) is 25.0 Å². The quantitative estimate of drug-likeness (QED) is 0.652. The average molecular weight is 445 g/mol. The van der Waals surface area contributed by atoms with Crippen molar-refractivity contribution in [3.05, 3.63) is 58.7 Å². The molecule has 1 aliphatic carbocycles. The molecule has 2 atom stereocenters. The van der Waals surface area contributed by atoms with Crippen LogP contribution in [0.2, 0.25) is 0 Å². The van der Waals surface area contributed by atoms with Gasteiger partial charge in [-0.2, -0.15) is 0 Å². The van der Waals surface area contributed by atoms with Gasteiger partial charge in [-0.3, -0.25) is 9.69 Å². The fourth-order valence-corrected chi connectivity index (χ4v) is 4.33. The summed E-state index contributed by atoms with van der Waals surface area (Å²) >= 11 is 0. The second kappa shape index (κ2) is 9.06. The van der Waals surface area contributed by atoms with Crippen LogP contribution in [0.15, 0.2) is 36.4 Å². The Morgan fingerprint density at radius 3 is 2.50 bits per heavy atom. The Balaban J connectivity index is 1.42. The normalized spacial score (nSPS) is 21.5. The van der Waals surface area contributed by atoms with Gasteiger partial charge in [-0.25, -0.2) is 8.78 Å². The first-order valence-corrected chi connectivity index (χ1v) is 11.0. The minimum atomic E-state index is -2.58. The average Bonchev–Trinajstić information content (AvgIpc) is 3.39. The van der Waals surface area contributed by atoms with Crippen LogP contribution in [0, 0.1) is 5.92 Å². The molecule has 0 radical (unpaired) electrons. The highest BCUT2D eigenvalue weighted by Gasteiger charge is 2.57. The molecule has 1 fully saturated rings. The van der Waals surface area contributed by atoms with Crippen LogP contribution in [0.4, 0.5) is 8.78 Å². The molecule has 32 heavy (non-hydrogen) atoms. The summed E-state index contributed by atoms with van der Waals surface area (Å²) in [6.45, 7) is 5.92. The summed E-state index contributed by atoms with van der Waals surface area (Å²) in [6.07, 6.45) is 0.709. The molecule has 172 valence electrons. The monoisotopic (exact) mass is 444 g/mol. The van der Waals surface area contributed by atoms with Crippen molar-refractivity contribution in [2.45, 2.75) is 51.7 Å². The third kappa shape index (κ3) is 4.88. The number of rotatable bonds is 8. The van der Waals surface area contributed by atoms with Crippen LogP contribution >= 0.6 is 0 Å². The number of hydrogen-bond donors (Lipinski definition) is 1. The number of nitrogens with zero attached hydrogens (tertiary/aromatic N) is 1. The van der Waals surface area contributed by atoms with Gasteiger partial charge in [0.15, 0.2) is 11.5 Å². The van der Waals surface area contributed by atoms with Crippen LogP contribution in [-0.4, -0.2) is 37.0 Å². The summed E-state index contributed by atoms with van der Waals surface area (Å²) in [7, 11) is 1.60. The second-order valence-corrected chi connectivity index (χ2v) is 8.76. The van der Waals surface area contributed by atoms with Crippen LogP contribution in [0.3, 0.4) is 0 Å². The number of fused-ring (bicyclic) bond motifs is 1. The molecule has 2 unspecified atom stereocenters. The maximum Gasteiger partial charge on any atom is 0.255 e. The molecule has 2 aromatic carbocycles. The standard InChI is InChI=1S/C25H30F2N2O3/c1-16-21-8-9-23(32-15-20-12-25(20,26)27)24(31-3)22(21)10-11-29(16)14-19-6-4-18(5-7-19)13-28-17(2)30/h4-9,16,20H,10-15H2,1-3H3,(H,28,30). The van der Waals surface area contributed by atoms with Crippen molar-refractivity contribution >= 4 is 5.91 Å². The third-order valence-corrected chi connectivity index (χ3v) is 6.46. The molecule has 0 bridgehead atoms. The molecule has 0 aromatic heterocycles. The largest absolute Gasteiger partial charge is 0.493 e. The van der Waals surface area contributed by atoms with E-state index in [1.165, 1.54) is 18.1 Å². The Hall–Kier alpha value is -2.67. The summed E-state index contributed by atoms with van der Waals surface area (Å²) in [4.78, 5) is 13.5. The van der Waals surface area contributed by atoms with Crippen molar-refractivity contribution in [3.63, 3.8) is 0 Å². The molecule has 2 aromatic rings. The lowest BCUT2D eigenvalue weighted by Crippen LogP contribution is -2.33. The van der Waals surface area contributed by atoms with Gasteiger partial charge in [-0.05, 0) is 36.1 Å². The van der Waals surface area contributed by atoms with Gasteiger partial charge >= 0.3 is 0 Å². The van der Waals surface area contributed by atoms with Crippen molar-refractivity contribution in [1.29, 1.82) is 0 Å². The number of hydrogen-bond acceptors (Lipinski definition) is 4.